The second-order valence-electron chi connectivity index (χ2n) is 2.78. The summed E-state index contributed by atoms with van der Waals surface area (Å²) < 4.78 is 35.2. The van der Waals surface area contributed by atoms with Gasteiger partial charge in [-0.15, -0.1) is 0 Å². The van der Waals surface area contributed by atoms with Gasteiger partial charge in [0.15, 0.2) is 9.84 Å². The van der Waals surface area contributed by atoms with Crippen molar-refractivity contribution in [3.05, 3.63) is 41.1 Å². The SMILES string of the molecule is CCS(=O)(=O)C=Cc1ccccc1F. The van der Waals surface area contributed by atoms with Gasteiger partial charge in [-0.2, -0.15) is 0 Å². The zero-order valence-corrected chi connectivity index (χ0v) is 8.59. The number of halogens is 1. The standard InChI is InChI=1S/C10H11FO2S/c1-2-14(12,13)8-7-9-5-3-4-6-10(9)11/h3-8H,2H2,1H3. The molecule has 76 valence electrons. The van der Waals surface area contributed by atoms with Gasteiger partial charge in [-0.3, -0.25) is 0 Å². The van der Waals surface area contributed by atoms with E-state index in [4.69, 9.17) is 0 Å². The second-order valence-corrected chi connectivity index (χ2v) is 4.95. The van der Waals surface area contributed by atoms with Gasteiger partial charge >= 0.3 is 0 Å². The van der Waals surface area contributed by atoms with E-state index >= 15 is 0 Å². The predicted molar refractivity (Wildman–Crippen MR) is 54.9 cm³/mol. The van der Waals surface area contributed by atoms with Gasteiger partial charge in [-0.1, -0.05) is 25.1 Å². The lowest BCUT2D eigenvalue weighted by atomic mass is 10.2. The zero-order chi connectivity index (χ0) is 10.6. The van der Waals surface area contributed by atoms with E-state index in [1.165, 1.54) is 18.2 Å². The first kappa shape index (κ1) is 10.9. The fourth-order valence-electron chi connectivity index (χ4n) is 0.883. The zero-order valence-electron chi connectivity index (χ0n) is 7.77. The lowest BCUT2D eigenvalue weighted by Crippen LogP contribution is -1.96. The maximum atomic E-state index is 13.0. The molecule has 1 aromatic rings. The molecule has 0 radical (unpaired) electrons. The summed E-state index contributed by atoms with van der Waals surface area (Å²) in [4.78, 5) is 0. The Morgan fingerprint density at radius 1 is 1.36 bits per heavy atom. The molecule has 1 rings (SSSR count). The van der Waals surface area contributed by atoms with E-state index in [1.54, 1.807) is 19.1 Å². The molecule has 0 N–H and O–H groups in total. The number of sulfone groups is 1. The minimum atomic E-state index is -3.18. The first-order chi connectivity index (χ1) is 6.55. The third-order valence-corrected chi connectivity index (χ3v) is 3.12. The molecular weight excluding hydrogens is 203 g/mol. The van der Waals surface area contributed by atoms with E-state index in [9.17, 15) is 12.8 Å². The molecule has 0 fully saturated rings. The quantitative estimate of drug-likeness (QED) is 0.773. The minimum absolute atomic E-state index is 0.0257. The lowest BCUT2D eigenvalue weighted by Gasteiger charge is -1.95. The lowest BCUT2D eigenvalue weighted by molar-refractivity contribution is 0.606. The summed E-state index contributed by atoms with van der Waals surface area (Å²) in [6.07, 6.45) is 1.27. The highest BCUT2D eigenvalue weighted by atomic mass is 32.2. The Hall–Kier alpha value is -1.16. The maximum Gasteiger partial charge on any atom is 0.171 e. The molecule has 0 aliphatic rings. The average Bonchev–Trinajstić information content (AvgIpc) is 2.17. The summed E-state index contributed by atoms with van der Waals surface area (Å²) in [6, 6.07) is 6.03. The van der Waals surface area contributed by atoms with Gasteiger partial charge in [0.2, 0.25) is 0 Å². The summed E-state index contributed by atoms with van der Waals surface area (Å²) in [7, 11) is -3.18. The molecule has 0 aliphatic heterocycles. The Bertz CT molecular complexity index is 435. The third-order valence-electron chi connectivity index (χ3n) is 1.76. The molecule has 0 spiro atoms. The van der Waals surface area contributed by atoms with E-state index in [0.717, 1.165) is 5.41 Å². The molecule has 2 nitrogen and oxygen atoms in total. The van der Waals surface area contributed by atoms with Crippen molar-refractivity contribution in [3.63, 3.8) is 0 Å². The molecule has 0 saturated heterocycles. The number of hydrogen-bond donors (Lipinski definition) is 0. The highest BCUT2D eigenvalue weighted by molar-refractivity contribution is 7.94. The highest BCUT2D eigenvalue weighted by Gasteiger charge is 2.01. The van der Waals surface area contributed by atoms with Crippen molar-refractivity contribution in [1.29, 1.82) is 0 Å². The van der Waals surface area contributed by atoms with Crippen LogP contribution in [0.15, 0.2) is 29.7 Å². The average molecular weight is 214 g/mol. The van der Waals surface area contributed by atoms with E-state index in [0.29, 0.717) is 0 Å². The van der Waals surface area contributed by atoms with Crippen LogP contribution in [0.3, 0.4) is 0 Å². The Labute approximate surface area is 83.0 Å². The largest absolute Gasteiger partial charge is 0.224 e. The highest BCUT2D eigenvalue weighted by Crippen LogP contribution is 2.09. The van der Waals surface area contributed by atoms with Crippen LogP contribution in [0.1, 0.15) is 12.5 Å². The molecule has 0 bridgehead atoms. The van der Waals surface area contributed by atoms with Crippen LogP contribution in [0, 0.1) is 5.82 Å². The van der Waals surface area contributed by atoms with Crippen molar-refractivity contribution in [2.75, 3.05) is 5.75 Å². The summed E-state index contributed by atoms with van der Waals surface area (Å²) in [5, 5.41) is 1.03. The molecule has 0 unspecified atom stereocenters. The smallest absolute Gasteiger partial charge is 0.171 e. The van der Waals surface area contributed by atoms with Crippen molar-refractivity contribution in [2.45, 2.75) is 6.92 Å². The molecular formula is C10H11FO2S. The van der Waals surface area contributed by atoms with Crippen molar-refractivity contribution in [3.8, 4) is 0 Å². The molecule has 14 heavy (non-hydrogen) atoms. The molecule has 0 aliphatic carbocycles. The Balaban J connectivity index is 2.95. The fourth-order valence-corrected chi connectivity index (χ4v) is 1.43. The summed E-state index contributed by atoms with van der Waals surface area (Å²) in [6.45, 7) is 1.54. The van der Waals surface area contributed by atoms with Crippen LogP contribution in [0.25, 0.3) is 6.08 Å². The predicted octanol–water partition coefficient (Wildman–Crippen LogP) is 2.23. The van der Waals surface area contributed by atoms with Gasteiger partial charge < -0.3 is 0 Å². The minimum Gasteiger partial charge on any atom is -0.224 e. The monoisotopic (exact) mass is 214 g/mol. The van der Waals surface area contributed by atoms with Crippen LogP contribution < -0.4 is 0 Å². The van der Waals surface area contributed by atoms with Crippen molar-refractivity contribution >= 4 is 15.9 Å². The van der Waals surface area contributed by atoms with E-state index < -0.39 is 15.7 Å². The Kier molecular flexibility index (Phi) is 3.41. The summed E-state index contributed by atoms with van der Waals surface area (Å²) >= 11 is 0. The van der Waals surface area contributed by atoms with Gasteiger partial charge in [0.1, 0.15) is 5.82 Å². The van der Waals surface area contributed by atoms with Gasteiger partial charge in [0, 0.05) is 11.0 Å². The first-order valence-electron chi connectivity index (χ1n) is 4.20. The normalized spacial score (nSPS) is 12.1. The Morgan fingerprint density at radius 3 is 2.57 bits per heavy atom. The summed E-state index contributed by atoms with van der Waals surface area (Å²) in [5.74, 6) is -0.396. The van der Waals surface area contributed by atoms with Crippen LogP contribution in [0.4, 0.5) is 4.39 Å². The molecule has 0 aromatic heterocycles. The molecule has 0 heterocycles. The Morgan fingerprint density at radius 2 is 2.00 bits per heavy atom. The third kappa shape index (κ3) is 2.96. The van der Waals surface area contributed by atoms with Crippen molar-refractivity contribution in [2.24, 2.45) is 0 Å². The van der Waals surface area contributed by atoms with Crippen LogP contribution >= 0.6 is 0 Å². The fraction of sp³-hybridized carbons (Fsp3) is 0.200. The number of rotatable bonds is 3. The van der Waals surface area contributed by atoms with Crippen molar-refractivity contribution in [1.82, 2.24) is 0 Å². The molecule has 4 heteroatoms. The van der Waals surface area contributed by atoms with Gasteiger partial charge in [-0.25, -0.2) is 12.8 Å². The van der Waals surface area contributed by atoms with Gasteiger partial charge in [0.25, 0.3) is 0 Å². The first-order valence-corrected chi connectivity index (χ1v) is 5.92. The number of hydrogen-bond acceptors (Lipinski definition) is 2. The van der Waals surface area contributed by atoms with Crippen LogP contribution in [0.2, 0.25) is 0 Å². The molecule has 0 saturated carbocycles. The molecule has 1 aromatic carbocycles. The molecule has 0 amide bonds. The molecule has 0 atom stereocenters. The number of benzene rings is 1. The van der Waals surface area contributed by atoms with E-state index in [2.05, 4.69) is 0 Å². The van der Waals surface area contributed by atoms with Crippen LogP contribution in [-0.2, 0) is 9.84 Å². The van der Waals surface area contributed by atoms with Crippen LogP contribution in [-0.4, -0.2) is 14.2 Å². The van der Waals surface area contributed by atoms with Crippen LogP contribution in [0.5, 0.6) is 0 Å². The van der Waals surface area contributed by atoms with Crippen molar-refractivity contribution < 1.29 is 12.8 Å². The maximum absolute atomic E-state index is 13.0. The summed E-state index contributed by atoms with van der Waals surface area (Å²) in [5.41, 5.74) is 0.282. The van der Waals surface area contributed by atoms with E-state index in [1.807, 2.05) is 0 Å². The van der Waals surface area contributed by atoms with E-state index in [-0.39, 0.29) is 11.3 Å². The van der Waals surface area contributed by atoms with Gasteiger partial charge in [0.05, 0.1) is 5.75 Å². The van der Waals surface area contributed by atoms with Gasteiger partial charge in [-0.05, 0) is 12.1 Å². The second kappa shape index (κ2) is 4.37. The topological polar surface area (TPSA) is 34.1 Å².